The summed E-state index contributed by atoms with van der Waals surface area (Å²) in [5, 5.41) is 16.1. The summed E-state index contributed by atoms with van der Waals surface area (Å²) in [5.41, 5.74) is 1.23. The molecule has 10 nitrogen and oxygen atoms in total. The second kappa shape index (κ2) is 7.83. The SMILES string of the molecule is CO[C@H]1[C@@H](N=O)[C@H](CO)O[C@@H]1n1cnc2c(NC3CCCCC3)ncnc21. The van der Waals surface area contributed by atoms with Crippen molar-refractivity contribution >= 4 is 17.0 Å². The lowest BCUT2D eigenvalue weighted by molar-refractivity contribution is -0.0583. The van der Waals surface area contributed by atoms with Crippen LogP contribution < -0.4 is 5.32 Å². The molecule has 4 rings (SSSR count). The lowest BCUT2D eigenvalue weighted by Gasteiger charge is -2.23. The Labute approximate surface area is 156 Å². The first-order chi connectivity index (χ1) is 13.3. The molecule has 0 amide bonds. The molecule has 3 heterocycles. The first-order valence-corrected chi connectivity index (χ1v) is 9.32. The number of imidazole rings is 1. The molecule has 2 aromatic heterocycles. The molecule has 0 bridgehead atoms. The predicted molar refractivity (Wildman–Crippen MR) is 97.2 cm³/mol. The second-order valence-corrected chi connectivity index (χ2v) is 7.07. The summed E-state index contributed by atoms with van der Waals surface area (Å²) in [6.07, 6.45) is 7.02. The maximum absolute atomic E-state index is 11.2. The van der Waals surface area contributed by atoms with Crippen LogP contribution in [-0.4, -0.2) is 62.6 Å². The molecule has 0 unspecified atom stereocenters. The number of aliphatic hydroxyl groups is 1. The molecule has 1 saturated carbocycles. The minimum Gasteiger partial charge on any atom is -0.394 e. The van der Waals surface area contributed by atoms with E-state index in [0.717, 1.165) is 12.8 Å². The van der Waals surface area contributed by atoms with Crippen LogP contribution in [-0.2, 0) is 9.47 Å². The number of hydrogen-bond donors (Lipinski definition) is 2. The van der Waals surface area contributed by atoms with Gasteiger partial charge in [-0.2, -0.15) is 4.91 Å². The Hall–Kier alpha value is -2.17. The summed E-state index contributed by atoms with van der Waals surface area (Å²) < 4.78 is 13.0. The fourth-order valence-corrected chi connectivity index (χ4v) is 4.06. The lowest BCUT2D eigenvalue weighted by Crippen LogP contribution is -2.33. The number of ether oxygens (including phenoxy) is 2. The summed E-state index contributed by atoms with van der Waals surface area (Å²) in [7, 11) is 1.49. The minimum atomic E-state index is -0.802. The first kappa shape index (κ1) is 18.2. The van der Waals surface area contributed by atoms with Gasteiger partial charge in [0.25, 0.3) is 0 Å². The number of anilines is 1. The maximum Gasteiger partial charge on any atom is 0.167 e. The van der Waals surface area contributed by atoms with Crippen LogP contribution in [0.5, 0.6) is 0 Å². The summed E-state index contributed by atoms with van der Waals surface area (Å²) >= 11 is 0. The third-order valence-electron chi connectivity index (χ3n) is 5.47. The molecule has 0 aromatic carbocycles. The van der Waals surface area contributed by atoms with Crippen molar-refractivity contribution in [1.29, 1.82) is 0 Å². The Bertz CT molecular complexity index is 793. The van der Waals surface area contributed by atoms with Gasteiger partial charge in [-0.05, 0) is 12.8 Å². The molecule has 27 heavy (non-hydrogen) atoms. The maximum atomic E-state index is 11.2. The van der Waals surface area contributed by atoms with Crippen molar-refractivity contribution in [2.24, 2.45) is 5.18 Å². The van der Waals surface area contributed by atoms with Gasteiger partial charge < -0.3 is 19.9 Å². The van der Waals surface area contributed by atoms with Crippen molar-refractivity contribution in [2.45, 2.75) is 62.6 Å². The summed E-state index contributed by atoms with van der Waals surface area (Å²) in [6, 6.07) is -0.414. The Balaban J connectivity index is 1.65. The molecule has 0 spiro atoms. The fourth-order valence-electron chi connectivity index (χ4n) is 4.06. The van der Waals surface area contributed by atoms with Gasteiger partial charge in [0.15, 0.2) is 29.3 Å². The Morgan fingerprint density at radius 3 is 2.85 bits per heavy atom. The van der Waals surface area contributed by atoms with Gasteiger partial charge >= 0.3 is 0 Å². The van der Waals surface area contributed by atoms with Crippen LogP contribution in [0.3, 0.4) is 0 Å². The van der Waals surface area contributed by atoms with Gasteiger partial charge in [0, 0.05) is 13.2 Å². The van der Waals surface area contributed by atoms with E-state index in [1.807, 2.05) is 0 Å². The molecule has 2 fully saturated rings. The number of aliphatic hydroxyl groups excluding tert-OH is 1. The van der Waals surface area contributed by atoms with E-state index in [9.17, 15) is 10.0 Å². The minimum absolute atomic E-state index is 0.317. The van der Waals surface area contributed by atoms with Crippen LogP contribution in [0.2, 0.25) is 0 Å². The molecule has 2 aromatic rings. The van der Waals surface area contributed by atoms with Crippen molar-refractivity contribution in [3.05, 3.63) is 17.6 Å². The van der Waals surface area contributed by atoms with Crippen molar-refractivity contribution in [2.75, 3.05) is 19.0 Å². The molecule has 10 heteroatoms. The highest BCUT2D eigenvalue weighted by Crippen LogP contribution is 2.35. The van der Waals surface area contributed by atoms with E-state index in [4.69, 9.17) is 9.47 Å². The van der Waals surface area contributed by atoms with E-state index in [-0.39, 0.29) is 6.61 Å². The number of hydrogen-bond acceptors (Lipinski definition) is 9. The average Bonchev–Trinajstić information content (AvgIpc) is 3.29. The van der Waals surface area contributed by atoms with Crippen LogP contribution in [0.25, 0.3) is 11.2 Å². The molecular weight excluding hydrogens is 352 g/mol. The van der Waals surface area contributed by atoms with Crippen molar-refractivity contribution in [1.82, 2.24) is 19.5 Å². The smallest absolute Gasteiger partial charge is 0.167 e. The van der Waals surface area contributed by atoms with Gasteiger partial charge in [-0.3, -0.25) is 4.57 Å². The van der Waals surface area contributed by atoms with E-state index in [1.54, 1.807) is 10.9 Å². The zero-order valence-electron chi connectivity index (χ0n) is 15.2. The van der Waals surface area contributed by atoms with E-state index >= 15 is 0 Å². The second-order valence-electron chi connectivity index (χ2n) is 7.07. The fraction of sp³-hybridized carbons (Fsp3) is 0.706. The van der Waals surface area contributed by atoms with Crippen LogP contribution in [0.1, 0.15) is 38.3 Å². The standard InChI is InChI=1S/C17H24N6O4/c1-26-14-12(22-25)11(7-24)27-17(14)23-9-20-13-15(18-8-19-16(13)23)21-10-5-3-2-4-6-10/h8-12,14,17,24H,2-7H2,1H3,(H,18,19,21)/t11-,12-,14-,17-/m0/s1. The summed E-state index contributed by atoms with van der Waals surface area (Å²) in [4.78, 5) is 24.4. The predicted octanol–water partition coefficient (Wildman–Crippen LogP) is 1.61. The summed E-state index contributed by atoms with van der Waals surface area (Å²) in [6.45, 7) is -0.317. The highest BCUT2D eigenvalue weighted by Gasteiger charge is 2.47. The zero-order chi connectivity index (χ0) is 18.8. The highest BCUT2D eigenvalue weighted by atomic mass is 16.6. The lowest BCUT2D eigenvalue weighted by atomic mass is 9.95. The Kier molecular flexibility index (Phi) is 5.28. The molecule has 2 N–H and O–H groups in total. The summed E-state index contributed by atoms with van der Waals surface area (Å²) in [5.74, 6) is 0.696. The highest BCUT2D eigenvalue weighted by molar-refractivity contribution is 5.82. The Morgan fingerprint density at radius 1 is 1.33 bits per heavy atom. The van der Waals surface area contributed by atoms with Crippen molar-refractivity contribution in [3.63, 3.8) is 0 Å². The first-order valence-electron chi connectivity index (χ1n) is 9.32. The number of fused-ring (bicyclic) bond motifs is 1. The number of rotatable bonds is 6. The third-order valence-corrected chi connectivity index (χ3v) is 5.47. The van der Waals surface area contributed by atoms with E-state index in [0.29, 0.717) is 23.0 Å². The van der Waals surface area contributed by atoms with Gasteiger partial charge in [0.05, 0.1) is 12.9 Å². The number of nitrogens with zero attached hydrogens (tertiary/aromatic N) is 5. The molecule has 1 aliphatic carbocycles. The van der Waals surface area contributed by atoms with Gasteiger partial charge in [-0.25, -0.2) is 15.0 Å². The number of aromatic nitrogens is 4. The average molecular weight is 376 g/mol. The van der Waals surface area contributed by atoms with E-state index < -0.39 is 24.5 Å². The normalized spacial score (nSPS) is 29.3. The van der Waals surface area contributed by atoms with Crippen LogP contribution in [0.4, 0.5) is 5.82 Å². The molecule has 1 saturated heterocycles. The van der Waals surface area contributed by atoms with Crippen LogP contribution in [0.15, 0.2) is 17.8 Å². The largest absolute Gasteiger partial charge is 0.394 e. The molecule has 1 aliphatic heterocycles. The van der Waals surface area contributed by atoms with Crippen molar-refractivity contribution in [3.8, 4) is 0 Å². The third kappa shape index (κ3) is 3.28. The van der Waals surface area contributed by atoms with Gasteiger partial charge in [0.2, 0.25) is 0 Å². The quantitative estimate of drug-likeness (QED) is 0.729. The number of nitrogens with one attached hydrogen (secondary N) is 1. The molecule has 0 radical (unpaired) electrons. The molecule has 146 valence electrons. The Morgan fingerprint density at radius 2 is 2.15 bits per heavy atom. The van der Waals surface area contributed by atoms with Crippen LogP contribution >= 0.6 is 0 Å². The van der Waals surface area contributed by atoms with Gasteiger partial charge in [-0.15, -0.1) is 0 Å². The molecular formula is C17H24N6O4. The number of methoxy groups -OCH3 is 1. The van der Waals surface area contributed by atoms with Crippen LogP contribution in [0, 0.1) is 4.91 Å². The molecule has 2 aliphatic rings. The topological polar surface area (TPSA) is 124 Å². The van der Waals surface area contributed by atoms with E-state index in [1.165, 1.54) is 32.7 Å². The van der Waals surface area contributed by atoms with Crippen molar-refractivity contribution < 1.29 is 14.6 Å². The van der Waals surface area contributed by atoms with Gasteiger partial charge in [-0.1, -0.05) is 24.4 Å². The van der Waals surface area contributed by atoms with Gasteiger partial charge in [0.1, 0.15) is 18.5 Å². The monoisotopic (exact) mass is 376 g/mol. The zero-order valence-corrected chi connectivity index (χ0v) is 15.2. The molecule has 4 atom stereocenters. The number of nitroso groups, excluding NO2 is 1. The van der Waals surface area contributed by atoms with E-state index in [2.05, 4.69) is 25.4 Å².